The van der Waals surface area contributed by atoms with E-state index in [1.54, 1.807) is 6.29 Å². The number of likely N-dealkylation sites (N-methyl/N-ethyl adjacent to an activating group) is 2. The van der Waals surface area contributed by atoms with Crippen LogP contribution in [-0.4, -0.2) is 398 Å². The van der Waals surface area contributed by atoms with Gasteiger partial charge in [-0.15, -0.1) is 18.8 Å². The predicted molar refractivity (Wildman–Crippen MR) is 417 cm³/mol. The number of aliphatic hydroxyl groups excluding tert-OH is 5. The van der Waals surface area contributed by atoms with E-state index in [0.29, 0.717) is 61.3 Å². The van der Waals surface area contributed by atoms with Crippen molar-refractivity contribution in [1.82, 2.24) is 5.32 Å². The fourth-order valence-electron chi connectivity index (χ4n) is 4.06. The van der Waals surface area contributed by atoms with Gasteiger partial charge in [0.25, 0.3) is 0 Å². The number of aromatic carboxylic acids is 1. The van der Waals surface area contributed by atoms with Crippen LogP contribution in [0.4, 0.5) is 0 Å². The largest absolute Gasteiger partial charge is 1.00 e. The summed E-state index contributed by atoms with van der Waals surface area (Å²) in [7, 11) is 6.76. The number of nitrogens with two attached hydrogens (primary N) is 9. The van der Waals surface area contributed by atoms with Gasteiger partial charge in [0, 0.05) is 75.8 Å². The summed E-state index contributed by atoms with van der Waals surface area (Å²) >= 11 is 0. The van der Waals surface area contributed by atoms with Crippen molar-refractivity contribution >= 4 is 148 Å². The van der Waals surface area contributed by atoms with Gasteiger partial charge in [0.2, 0.25) is 27.9 Å². The summed E-state index contributed by atoms with van der Waals surface area (Å²) < 4.78 is 34.2. The Labute approximate surface area is 921 Å². The van der Waals surface area contributed by atoms with E-state index < -0.39 is 178 Å². The number of aliphatic imine (C=N–C) groups is 1. The van der Waals surface area contributed by atoms with Gasteiger partial charge < -0.3 is 223 Å². The molecule has 0 saturated heterocycles. The maximum absolute atomic E-state index is 10.4. The van der Waals surface area contributed by atoms with Crippen LogP contribution >= 0.6 is 12.4 Å². The van der Waals surface area contributed by atoms with Crippen LogP contribution in [-0.2, 0) is 96.7 Å². The molecule has 0 unspecified atom stereocenters. The van der Waals surface area contributed by atoms with Crippen molar-refractivity contribution in [3.63, 3.8) is 0 Å². The van der Waals surface area contributed by atoms with E-state index in [0.717, 1.165) is 30.1 Å². The van der Waals surface area contributed by atoms with Crippen molar-refractivity contribution in [2.24, 2.45) is 56.6 Å². The summed E-state index contributed by atoms with van der Waals surface area (Å²) in [4.78, 5) is 189. The Kier molecular flexibility index (Phi) is 191. The number of ketones is 3. The Morgan fingerprint density at radius 1 is 0.556 bits per heavy atom. The number of quaternary nitrogens is 2. The number of hydrogen-bond donors (Lipinski definition) is 30. The molecule has 0 aromatic heterocycles. The van der Waals surface area contributed by atoms with Gasteiger partial charge in [0.1, 0.15) is 41.4 Å². The summed E-state index contributed by atoms with van der Waals surface area (Å²) in [5.74, 6) is -21.3. The molecule has 0 heterocycles. The van der Waals surface area contributed by atoms with Crippen molar-refractivity contribution in [2.75, 3.05) is 108 Å². The normalized spacial score (nSPS) is 9.44. The van der Waals surface area contributed by atoms with Gasteiger partial charge in [-0.2, -0.15) is 6.42 Å². The van der Waals surface area contributed by atoms with Crippen LogP contribution in [0.2, 0.25) is 0 Å². The first kappa shape index (κ1) is 198. The number of carboxylic acids is 12. The first-order valence-corrected chi connectivity index (χ1v) is 33.3. The average Bonchev–Trinajstić information content (AvgIpc) is 0.839. The molecule has 1 aromatic carbocycles. The van der Waals surface area contributed by atoms with Gasteiger partial charge in [-0.05, 0) is 25.3 Å². The number of guanidine groups is 2. The van der Waals surface area contributed by atoms with Gasteiger partial charge in [-0.25, -0.2) is 48.3 Å². The molecule has 0 spiro atoms. The third-order valence-corrected chi connectivity index (χ3v) is 9.32. The minimum Gasteiger partial charge on any atom is -0.870 e. The molecule has 0 radical (unpaired) electrons. The number of aliphatic hydroxyl groups is 6. The fraction of sp³-hybridized carbons (Fsp3) is 0.500. The number of primary amides is 1. The quantitative estimate of drug-likeness (QED) is 0.00251. The summed E-state index contributed by atoms with van der Waals surface area (Å²) in [6, 6.07) is -0.852. The molecule has 0 fully saturated rings. The van der Waals surface area contributed by atoms with Crippen LogP contribution in [0.15, 0.2) is 41.4 Å². The van der Waals surface area contributed by atoms with Crippen LogP contribution in [0.3, 0.4) is 0 Å². The van der Waals surface area contributed by atoms with Crippen molar-refractivity contribution in [2.45, 2.75) is 95.0 Å². The number of carbonyl (C=O) groups is 16. The number of nitrogens with one attached hydrogen (secondary N) is 2. The maximum Gasteiger partial charge on any atom is 1.00 e. The molecule has 1 amide bonds. The zero-order valence-electron chi connectivity index (χ0n) is 75.2. The zero-order chi connectivity index (χ0) is 99.4. The van der Waals surface area contributed by atoms with Crippen molar-refractivity contribution in [3.8, 4) is 17.2 Å². The molecule has 62 nitrogen and oxygen atoms in total. The molecule has 0 saturated carbocycles. The molecule has 1 aromatic rings. The van der Waals surface area contributed by atoms with E-state index in [1.165, 1.54) is 12.6 Å². The molecule has 0 aliphatic rings. The molecule has 1 rings (SSSR count). The van der Waals surface area contributed by atoms with Gasteiger partial charge in [0.05, 0.1) is 93.7 Å². The Balaban J connectivity index is -0.0000000384. The van der Waals surface area contributed by atoms with Gasteiger partial charge in [-0.1, -0.05) is 18.9 Å². The molecule has 71 heteroatoms. The second-order valence-corrected chi connectivity index (χ2v) is 23.7. The Hall–Kier alpha value is -5.75. The standard InChI is InChI=1S/C7H6O5.C6H13N4O.C5H10N2O3.C5H8NO3.C5H11NO2.C5H14NO.C5H6O5.C5H5O4.C4H11NO2.2C4H4O4.C3H9NO3.C3H4O3.CH5N3.ClH.7Na.H2O4S.4H2O/c8-3-1-4(9)6(7(11)12)5(10)2-3;7-5(4-11)2-1-3-10-6(8)9;6-3(5(9)10)1-2-4(7)8;6-4(5(8)9)2-1-3-7;1-6(2,3)4-5(7)8;1-6(2,3)4-5-7;6-3(5(9)10)1-2-4(7)8;6-3-1-2-4(7)5(8)9;6-3-1-5-2-4-7;2*5-3(6)1-2-4(7)8;4-3(7,1-5)2-6;1-2(4)3(5)6;2-1(3)4;;;;;;;;;1-5(2,3)4;;;;/h1-2,8-10H,(H,11,12);5H,1-3,7H2,(H4,8,9,10);3H,1-2,6H2,(H2,7,8)(H,9,10);4H,1-2,6H2,(H,8,9);4H2,1-3H3;7H,4-5H2,1-3H3;1-2H2,(H,7,8)(H,9,10);1-2H2,(H,8,9);5-7H,1-4H2;2*1-2H,(H,5,6)(H,7,8);5-7H,1-2,4H2;1H3,(H,5,6);(H5,2,3,4);1H;;;;;;;;(H2,1,2,3,4);4*1H2/q;-1;;-1;;+1;;-1;;;;;;;;7*+1;;;;;/p-7/b;;;;;;;;;2*2-1+;;;;;;;;;;;;;;;;/t;5-;3-;4-;;;;;;;;;;;;;;;;;;;;;;;/m.100......................./s1. The zero-order valence-corrected chi connectivity index (χ0v) is 90.8. The number of benzene rings is 1. The molecule has 0 bridgehead atoms. The molecule has 133 heavy (non-hydrogen) atoms. The number of amides is 1. The van der Waals surface area contributed by atoms with E-state index >= 15 is 0 Å². The minimum atomic E-state index is -4.92. The number of phenols is 3. The van der Waals surface area contributed by atoms with E-state index in [1.807, 2.05) is 21.1 Å². The third kappa shape index (κ3) is 239. The van der Waals surface area contributed by atoms with Crippen LogP contribution < -0.4 is 279 Å². The summed E-state index contributed by atoms with van der Waals surface area (Å²) in [5, 5.41) is 186. The van der Waals surface area contributed by atoms with Crippen molar-refractivity contribution < 1.29 is 454 Å². The number of rotatable bonds is 37. The number of hydrogen-bond acceptors (Lipinski definition) is 45. The summed E-state index contributed by atoms with van der Waals surface area (Å²) in [6.45, 7) is 2.98. The van der Waals surface area contributed by atoms with Crippen LogP contribution in [0.5, 0.6) is 17.2 Å². The Morgan fingerprint density at radius 2 is 0.910 bits per heavy atom. The summed E-state index contributed by atoms with van der Waals surface area (Å²) in [5.41, 5.74) is 41.4. The first-order valence-electron chi connectivity index (χ1n) is 32.0. The molecule has 0 aliphatic carbocycles. The Bertz CT molecular complexity index is 3360. The second kappa shape index (κ2) is 128. The summed E-state index contributed by atoms with van der Waals surface area (Å²) in [6.07, 6.45) is 6.85. The molecule has 742 valence electrons. The fourth-order valence-corrected chi connectivity index (χ4v) is 4.06. The van der Waals surface area contributed by atoms with Crippen molar-refractivity contribution in [3.05, 3.63) is 42.0 Å². The molecule has 43 N–H and O–H groups in total. The number of nitrogens with zero attached hydrogens (tertiary/aromatic N) is 3. The third-order valence-electron chi connectivity index (χ3n) is 9.32. The topological polar surface area (TPSA) is 1240 Å². The monoisotopic (exact) mass is 2050 g/mol. The van der Waals surface area contributed by atoms with Gasteiger partial charge in [0.15, 0.2) is 30.0 Å². The smallest absolute Gasteiger partial charge is 0.870 e. The van der Waals surface area contributed by atoms with E-state index in [4.69, 9.17) is 155 Å². The number of Topliss-reactive ketones (excluding diaryl/α,β-unsaturated/α-hetero) is 3. The van der Waals surface area contributed by atoms with E-state index in [2.05, 4.69) is 42.9 Å². The number of aliphatic carboxylic acids is 11. The van der Waals surface area contributed by atoms with E-state index in [9.17, 15) is 106 Å². The van der Waals surface area contributed by atoms with Crippen LogP contribution in [0.1, 0.15) is 81.5 Å². The van der Waals surface area contributed by atoms with E-state index in [-0.39, 0.29) is 318 Å². The SMILES string of the molecule is CC(=O)C(=O)O.C[N+](C)(C)CC(=O)O.C[N+](C)(C)CCO.Cl.N=C(N)N.NC(=O)CC[C@H](N)C(=O)O.NC(N)=NCCC[C@@H](N)[C-]=O.NC(O)(CO)CO.N[C@@H](CC[C-]=O)C(=O)[O-].O=C(O)/C=C/C(=O)O.O=C(O)CCC(=O)C(=O)O.O=C(O)c1c(O)cc(O)cc1O.O=C([O-])/C=C/C(=O)O.O=S(=O)([O-])O.O=[C-]CCC(=O)C(=O)[O-].OCCNCCO.[Na+].[Na+].[Na+].[Na+].[Na+].[Na+].[Na+].[OH-].[OH-].[OH-].[OH-]. The van der Waals surface area contributed by atoms with Crippen molar-refractivity contribution in [1.29, 1.82) is 5.41 Å². The predicted octanol–water partition coefficient (Wildman–Crippen LogP) is -36.7. The minimum absolute atomic E-state index is 0. The van der Waals surface area contributed by atoms with Gasteiger partial charge in [-0.3, -0.25) is 62.0 Å². The number of carbonyl (C=O) groups excluding carboxylic acids is 10. The number of phenolic OH excluding ortho intramolecular Hbond substituents is 1. The molecular formula is C62H114ClN14Na7O48S-2. The molecule has 0 aliphatic heterocycles. The number of halogens is 1. The molecular weight excluding hydrogens is 1940 g/mol. The maximum atomic E-state index is 10.4. The van der Waals surface area contributed by atoms with Crippen LogP contribution in [0.25, 0.3) is 0 Å². The first-order chi connectivity index (χ1) is 54.8. The Morgan fingerprint density at radius 3 is 1.10 bits per heavy atom. The van der Waals surface area contributed by atoms with Gasteiger partial charge >= 0.3 is 261 Å². The number of carboxylic acid groups (broad SMARTS) is 12. The number of aromatic hydroxyl groups is 3. The molecule has 3 atom stereocenters. The second-order valence-electron chi connectivity index (χ2n) is 22.8. The van der Waals surface area contributed by atoms with Crippen LogP contribution in [0, 0.1) is 5.41 Å². The average molecular weight is 2050 g/mol.